The summed E-state index contributed by atoms with van der Waals surface area (Å²) in [4.78, 5) is 17.1. The van der Waals surface area contributed by atoms with E-state index in [9.17, 15) is 4.79 Å². The van der Waals surface area contributed by atoms with Crippen molar-refractivity contribution < 1.29 is 14.4 Å². The van der Waals surface area contributed by atoms with Gasteiger partial charge in [0.05, 0.1) is 5.02 Å². The van der Waals surface area contributed by atoms with Crippen LogP contribution in [0, 0.1) is 0 Å². The van der Waals surface area contributed by atoms with E-state index in [1.165, 1.54) is 7.11 Å². The highest BCUT2D eigenvalue weighted by atomic mass is 35.5. The molecule has 2 aromatic carbocycles. The van der Waals surface area contributed by atoms with Crippen LogP contribution in [0.5, 0.6) is 5.75 Å². The molecule has 2 rings (SSSR count). The first kappa shape index (κ1) is 17.8. The zero-order chi connectivity index (χ0) is 17.4. The molecule has 24 heavy (non-hydrogen) atoms. The molecule has 1 amide bonds. The van der Waals surface area contributed by atoms with Gasteiger partial charge >= 0.3 is 0 Å². The topological polar surface area (TPSA) is 59.9 Å². The fourth-order valence-electron chi connectivity index (χ4n) is 2.14. The number of carbonyl (C=O) groups excluding carboxylic acids is 1. The van der Waals surface area contributed by atoms with Crippen molar-refractivity contribution in [2.45, 2.75) is 13.5 Å². The molecule has 0 aliphatic heterocycles. The Morgan fingerprint density at radius 1 is 1.17 bits per heavy atom. The predicted molar refractivity (Wildman–Crippen MR) is 94.5 cm³/mol. The van der Waals surface area contributed by atoms with Crippen LogP contribution in [-0.4, -0.2) is 25.3 Å². The largest absolute Gasteiger partial charge is 0.487 e. The van der Waals surface area contributed by atoms with Gasteiger partial charge in [0.25, 0.3) is 5.91 Å². The van der Waals surface area contributed by atoms with Crippen LogP contribution in [0.1, 0.15) is 18.1 Å². The lowest BCUT2D eigenvalue weighted by Gasteiger charge is -2.13. The maximum absolute atomic E-state index is 12.2. The smallest absolute Gasteiger partial charge is 0.273 e. The van der Waals surface area contributed by atoms with Crippen LogP contribution in [-0.2, 0) is 16.2 Å². The third kappa shape index (κ3) is 4.49. The number of halogens is 1. The molecule has 0 aliphatic rings. The van der Waals surface area contributed by atoms with Gasteiger partial charge in [-0.15, -0.1) is 0 Å². The quantitative estimate of drug-likeness (QED) is 0.617. The highest BCUT2D eigenvalue weighted by molar-refractivity contribution is 6.45. The molecular weight excluding hydrogens is 328 g/mol. The van der Waals surface area contributed by atoms with E-state index in [1.54, 1.807) is 18.2 Å². The van der Waals surface area contributed by atoms with E-state index < -0.39 is 0 Å². The zero-order valence-corrected chi connectivity index (χ0v) is 14.3. The van der Waals surface area contributed by atoms with Gasteiger partial charge < -0.3 is 14.9 Å². The number of para-hydroxylation sites is 1. The van der Waals surface area contributed by atoms with Gasteiger partial charge in [-0.1, -0.05) is 53.2 Å². The van der Waals surface area contributed by atoms with Gasteiger partial charge in [-0.2, -0.15) is 0 Å². The number of benzene rings is 2. The monoisotopic (exact) mass is 346 g/mol. The Morgan fingerprint density at radius 2 is 1.88 bits per heavy atom. The second-order valence-corrected chi connectivity index (χ2v) is 5.27. The number of nitrogens with one attached hydrogen (secondary N) is 1. The van der Waals surface area contributed by atoms with Crippen molar-refractivity contribution in [3.63, 3.8) is 0 Å². The first-order valence-corrected chi connectivity index (χ1v) is 7.90. The molecule has 0 saturated carbocycles. The molecule has 2 aromatic rings. The number of likely N-dealkylation sites (N-methyl/N-ethyl adjacent to an activating group) is 1. The van der Waals surface area contributed by atoms with E-state index in [0.29, 0.717) is 22.9 Å². The van der Waals surface area contributed by atoms with Crippen molar-refractivity contribution in [3.05, 3.63) is 64.7 Å². The summed E-state index contributed by atoms with van der Waals surface area (Å²) in [5, 5.41) is 7.13. The summed E-state index contributed by atoms with van der Waals surface area (Å²) in [6.45, 7) is 2.59. The lowest BCUT2D eigenvalue weighted by atomic mass is 10.0. The molecule has 0 fully saturated rings. The number of rotatable bonds is 7. The van der Waals surface area contributed by atoms with Crippen molar-refractivity contribution in [2.24, 2.45) is 5.16 Å². The Balaban J connectivity index is 2.27. The molecule has 126 valence electrons. The molecule has 1 N–H and O–H groups in total. The maximum Gasteiger partial charge on any atom is 0.273 e. The average Bonchev–Trinajstić information content (AvgIpc) is 2.59. The van der Waals surface area contributed by atoms with Crippen molar-refractivity contribution in [1.82, 2.24) is 5.32 Å². The number of carbonyl (C=O) groups is 1. The van der Waals surface area contributed by atoms with Gasteiger partial charge in [0.15, 0.2) is 5.71 Å². The number of oxime groups is 1. The molecule has 0 radical (unpaired) electrons. The van der Waals surface area contributed by atoms with Crippen LogP contribution < -0.4 is 10.1 Å². The summed E-state index contributed by atoms with van der Waals surface area (Å²) in [7, 11) is 1.40. The number of ether oxygens (including phenoxy) is 1. The summed E-state index contributed by atoms with van der Waals surface area (Å²) in [5.41, 5.74) is 1.66. The van der Waals surface area contributed by atoms with E-state index in [-0.39, 0.29) is 18.2 Å². The Morgan fingerprint density at radius 3 is 2.58 bits per heavy atom. The number of nitrogens with zero attached hydrogens (tertiary/aromatic N) is 1. The lowest BCUT2D eigenvalue weighted by Crippen LogP contribution is -2.32. The van der Waals surface area contributed by atoms with Gasteiger partial charge in [-0.25, -0.2) is 0 Å². The molecule has 0 saturated heterocycles. The number of hydrogen-bond acceptors (Lipinski definition) is 4. The second kappa shape index (κ2) is 8.93. The van der Waals surface area contributed by atoms with Crippen molar-refractivity contribution in [3.8, 4) is 5.75 Å². The normalized spacial score (nSPS) is 11.0. The van der Waals surface area contributed by atoms with E-state index in [0.717, 1.165) is 5.56 Å². The van der Waals surface area contributed by atoms with Crippen LogP contribution in [0.3, 0.4) is 0 Å². The molecule has 0 unspecified atom stereocenters. The van der Waals surface area contributed by atoms with Crippen LogP contribution in [0.25, 0.3) is 0 Å². The molecule has 0 spiro atoms. The van der Waals surface area contributed by atoms with Crippen molar-refractivity contribution >= 4 is 23.2 Å². The highest BCUT2D eigenvalue weighted by Gasteiger charge is 2.18. The maximum atomic E-state index is 12.2. The third-order valence-electron chi connectivity index (χ3n) is 3.23. The summed E-state index contributed by atoms with van der Waals surface area (Å²) in [5.74, 6) is 0.279. The van der Waals surface area contributed by atoms with Crippen LogP contribution >= 0.6 is 11.6 Å². The molecule has 0 atom stereocenters. The molecule has 6 heteroatoms. The average molecular weight is 347 g/mol. The number of hydrogen-bond donors (Lipinski definition) is 1. The molecule has 5 nitrogen and oxygen atoms in total. The Hall–Kier alpha value is -2.53. The SMILES string of the molecule is CCNC(=O)/C(=N/OC)c1ccccc1COc1ccccc1Cl. The fraction of sp³-hybridized carbons (Fsp3) is 0.222. The zero-order valence-electron chi connectivity index (χ0n) is 13.6. The molecule has 0 aromatic heterocycles. The van der Waals surface area contributed by atoms with Gasteiger partial charge in [0, 0.05) is 12.1 Å². The van der Waals surface area contributed by atoms with Crippen molar-refractivity contribution in [1.29, 1.82) is 0 Å². The second-order valence-electron chi connectivity index (χ2n) is 4.86. The van der Waals surface area contributed by atoms with Crippen LogP contribution in [0.2, 0.25) is 5.02 Å². The predicted octanol–water partition coefficient (Wildman–Crippen LogP) is 3.41. The van der Waals surface area contributed by atoms with Crippen LogP contribution in [0.4, 0.5) is 0 Å². The summed E-state index contributed by atoms with van der Waals surface area (Å²) in [6.07, 6.45) is 0. The molecular formula is C18H19ClN2O3. The minimum Gasteiger partial charge on any atom is -0.487 e. The van der Waals surface area contributed by atoms with E-state index in [1.807, 2.05) is 37.3 Å². The Labute approximate surface area is 146 Å². The fourth-order valence-corrected chi connectivity index (χ4v) is 2.33. The van der Waals surface area contributed by atoms with Crippen molar-refractivity contribution in [2.75, 3.05) is 13.7 Å². The van der Waals surface area contributed by atoms with Gasteiger partial charge in [-0.3, -0.25) is 4.79 Å². The summed E-state index contributed by atoms with van der Waals surface area (Å²) >= 11 is 6.10. The summed E-state index contributed by atoms with van der Waals surface area (Å²) in [6, 6.07) is 14.6. The van der Waals surface area contributed by atoms with E-state index in [2.05, 4.69) is 10.5 Å². The Kier molecular flexibility index (Phi) is 6.63. The minimum atomic E-state index is -0.301. The molecule has 0 bridgehead atoms. The van der Waals surface area contributed by atoms with Crippen LogP contribution in [0.15, 0.2) is 53.7 Å². The first-order chi connectivity index (χ1) is 11.7. The van der Waals surface area contributed by atoms with E-state index in [4.69, 9.17) is 21.2 Å². The highest BCUT2D eigenvalue weighted by Crippen LogP contribution is 2.24. The lowest BCUT2D eigenvalue weighted by molar-refractivity contribution is -0.114. The van der Waals surface area contributed by atoms with Gasteiger partial charge in [0.2, 0.25) is 0 Å². The standard InChI is InChI=1S/C18H19ClN2O3/c1-3-20-18(22)17(21-23-2)14-9-5-4-8-13(14)12-24-16-11-7-6-10-15(16)19/h4-11H,3,12H2,1-2H3,(H,20,22)/b21-17+. The van der Waals surface area contributed by atoms with Gasteiger partial charge in [-0.05, 0) is 24.6 Å². The molecule has 0 aliphatic carbocycles. The first-order valence-electron chi connectivity index (χ1n) is 7.52. The Bertz CT molecular complexity index is 732. The van der Waals surface area contributed by atoms with Gasteiger partial charge in [0.1, 0.15) is 19.5 Å². The number of amides is 1. The van der Waals surface area contributed by atoms with E-state index >= 15 is 0 Å². The minimum absolute atomic E-state index is 0.206. The molecule has 0 heterocycles. The summed E-state index contributed by atoms with van der Waals surface area (Å²) < 4.78 is 5.77. The third-order valence-corrected chi connectivity index (χ3v) is 3.54.